The third kappa shape index (κ3) is 5.46. The summed E-state index contributed by atoms with van der Waals surface area (Å²) in [5, 5.41) is 10.2. The van der Waals surface area contributed by atoms with E-state index < -0.39 is 75.7 Å². The first-order valence-electron chi connectivity index (χ1n) is 9.24. The minimum Gasteiger partial charge on any atom is -0.502 e. The molecule has 38 heavy (non-hydrogen) atoms. The lowest BCUT2D eigenvalue weighted by Gasteiger charge is -2.15. The van der Waals surface area contributed by atoms with Crippen LogP contribution in [0.3, 0.4) is 0 Å². The van der Waals surface area contributed by atoms with Crippen LogP contribution in [0.5, 0.6) is 28.7 Å². The number of rotatable bonds is 8. The monoisotopic (exact) mass is 616 g/mol. The summed E-state index contributed by atoms with van der Waals surface area (Å²) in [7, 11) is -20.6. The molecule has 0 saturated carbocycles. The lowest BCUT2D eigenvalue weighted by Crippen LogP contribution is -2.11. The van der Waals surface area contributed by atoms with Gasteiger partial charge in [0.2, 0.25) is 5.75 Å². The average Bonchev–Trinajstić information content (AvgIpc) is 3.32. The van der Waals surface area contributed by atoms with E-state index >= 15 is 0 Å². The minimum absolute atomic E-state index is 0.0584. The highest BCUT2D eigenvalue weighted by atomic mass is 32.3. The Morgan fingerprint density at radius 3 is 1.68 bits per heavy atom. The number of aromatic hydroxyl groups is 1. The molecule has 0 atom stereocenters. The standard InChI is InChI=1S/C16H12N2O16S4/c19-15-14(34-38(29,30)31)7-11-9(2-4-18(11)36(23,24)25)16(15)32-12-5-8-1-3-17(35(20,21)22)10(8)6-13(12)33-37(26,27)28/h1-7,19H,(H,20,21,22)(H,23,24,25)(H,26,27,28)(H,29,30,31). The number of phenols is 1. The molecule has 5 N–H and O–H groups in total. The Morgan fingerprint density at radius 1 is 0.632 bits per heavy atom. The molecule has 4 aromatic rings. The molecular weight excluding hydrogens is 604 g/mol. The summed E-state index contributed by atoms with van der Waals surface area (Å²) in [6, 6.07) is 4.23. The van der Waals surface area contributed by atoms with Crippen LogP contribution in [0.1, 0.15) is 0 Å². The van der Waals surface area contributed by atoms with Gasteiger partial charge in [-0.2, -0.15) is 33.7 Å². The molecule has 0 aliphatic carbocycles. The van der Waals surface area contributed by atoms with Crippen LogP contribution in [0, 0.1) is 0 Å². The van der Waals surface area contributed by atoms with E-state index in [1.165, 1.54) is 0 Å². The second kappa shape index (κ2) is 8.70. The molecule has 0 saturated heterocycles. The van der Waals surface area contributed by atoms with Gasteiger partial charge in [-0.15, -0.1) is 0 Å². The zero-order valence-corrected chi connectivity index (χ0v) is 21.1. The second-order valence-electron chi connectivity index (χ2n) is 7.15. The summed E-state index contributed by atoms with van der Waals surface area (Å²) >= 11 is 0. The van der Waals surface area contributed by atoms with Gasteiger partial charge in [0.1, 0.15) is 0 Å². The maximum atomic E-state index is 11.7. The first kappa shape index (κ1) is 27.4. The molecule has 2 aromatic heterocycles. The van der Waals surface area contributed by atoms with Gasteiger partial charge in [0.25, 0.3) is 0 Å². The van der Waals surface area contributed by atoms with E-state index in [0.717, 1.165) is 30.6 Å². The fourth-order valence-corrected chi connectivity index (χ4v) is 5.31. The van der Waals surface area contributed by atoms with Crippen LogP contribution in [0.25, 0.3) is 21.8 Å². The van der Waals surface area contributed by atoms with Crippen LogP contribution in [0.15, 0.2) is 42.7 Å². The first-order valence-corrected chi connectivity index (χ1v) is 14.8. The van der Waals surface area contributed by atoms with E-state index in [1.54, 1.807) is 0 Å². The zero-order chi connectivity index (χ0) is 28.4. The van der Waals surface area contributed by atoms with Crippen molar-refractivity contribution in [3.63, 3.8) is 0 Å². The van der Waals surface area contributed by atoms with Crippen molar-refractivity contribution in [2.24, 2.45) is 0 Å². The highest BCUT2D eigenvalue weighted by molar-refractivity contribution is 7.84. The van der Waals surface area contributed by atoms with E-state index in [4.69, 9.17) is 13.8 Å². The van der Waals surface area contributed by atoms with Crippen LogP contribution in [-0.2, 0) is 41.4 Å². The molecule has 0 aliphatic heterocycles. The predicted molar refractivity (Wildman–Crippen MR) is 124 cm³/mol. The Morgan fingerprint density at radius 2 is 1.13 bits per heavy atom. The smallest absolute Gasteiger partial charge is 0.446 e. The van der Waals surface area contributed by atoms with Gasteiger partial charge in [0.15, 0.2) is 23.0 Å². The summed E-state index contributed by atoms with van der Waals surface area (Å²) in [6.45, 7) is 0. The summed E-state index contributed by atoms with van der Waals surface area (Å²) < 4.78 is 143. The number of aromatic nitrogens is 2. The van der Waals surface area contributed by atoms with Gasteiger partial charge in [0, 0.05) is 35.3 Å². The Bertz CT molecular complexity index is 2060. The van der Waals surface area contributed by atoms with Gasteiger partial charge in [-0.05, 0) is 18.2 Å². The van der Waals surface area contributed by atoms with E-state index in [1.807, 2.05) is 0 Å². The maximum absolute atomic E-state index is 11.7. The first-order chi connectivity index (χ1) is 17.2. The Balaban J connectivity index is 2.03. The molecule has 0 aliphatic rings. The van der Waals surface area contributed by atoms with Crippen LogP contribution in [-0.4, -0.2) is 64.9 Å². The predicted octanol–water partition coefficient (Wildman–Crippen LogP) is 0.759. The summed E-state index contributed by atoms with van der Waals surface area (Å²) in [6.07, 6.45) is 1.60. The van der Waals surface area contributed by atoms with Crippen molar-refractivity contribution >= 4 is 63.2 Å². The average molecular weight is 617 g/mol. The normalized spacial score (nSPS) is 13.2. The van der Waals surface area contributed by atoms with Crippen molar-refractivity contribution in [2.75, 3.05) is 0 Å². The number of ether oxygens (including phenoxy) is 1. The number of nitrogens with zero attached hydrogens (tertiary/aromatic N) is 2. The van der Waals surface area contributed by atoms with Gasteiger partial charge in [0.05, 0.1) is 11.0 Å². The molecule has 206 valence electrons. The molecule has 2 aromatic carbocycles. The molecule has 0 radical (unpaired) electrons. The van der Waals surface area contributed by atoms with E-state index in [2.05, 4.69) is 8.37 Å². The number of hydrogen-bond donors (Lipinski definition) is 5. The van der Waals surface area contributed by atoms with E-state index in [0.29, 0.717) is 16.1 Å². The van der Waals surface area contributed by atoms with Gasteiger partial charge in [-0.25, -0.2) is 7.94 Å². The largest absolute Gasteiger partial charge is 0.502 e. The Kier molecular flexibility index (Phi) is 6.27. The second-order valence-corrected chi connectivity index (χ2v) is 11.8. The van der Waals surface area contributed by atoms with Crippen molar-refractivity contribution in [3.8, 4) is 28.7 Å². The fourth-order valence-electron chi connectivity index (χ4n) is 3.36. The lowest BCUT2D eigenvalue weighted by atomic mass is 10.2. The third-order valence-corrected chi connectivity index (χ3v) is 7.08. The Labute approximate surface area is 212 Å². The van der Waals surface area contributed by atoms with Gasteiger partial charge >= 0.3 is 41.4 Å². The minimum atomic E-state index is -5.32. The summed E-state index contributed by atoms with van der Waals surface area (Å²) in [5.74, 6) is -4.81. The van der Waals surface area contributed by atoms with Crippen molar-refractivity contribution in [2.45, 2.75) is 0 Å². The van der Waals surface area contributed by atoms with Gasteiger partial charge in [-0.3, -0.25) is 18.2 Å². The Hall–Kier alpha value is -3.64. The third-order valence-electron chi connectivity index (χ3n) is 4.67. The SMILES string of the molecule is O=S(=O)(O)Oc1cc2c(ccn2S(=O)(=O)O)cc1Oc1c(O)c(OS(=O)(=O)O)cc2c1ccn2S(=O)(=O)O. The molecule has 0 spiro atoms. The highest BCUT2D eigenvalue weighted by Gasteiger charge is 2.26. The molecule has 0 bridgehead atoms. The molecule has 22 heteroatoms. The van der Waals surface area contributed by atoms with Crippen LogP contribution in [0.4, 0.5) is 0 Å². The lowest BCUT2D eigenvalue weighted by molar-refractivity contribution is 0.354. The maximum Gasteiger partial charge on any atom is 0.446 e. The molecule has 0 amide bonds. The topological polar surface area (TPSA) is 275 Å². The van der Waals surface area contributed by atoms with Crippen molar-refractivity contribution < 1.29 is 70.1 Å². The number of fused-ring (bicyclic) bond motifs is 2. The van der Waals surface area contributed by atoms with Crippen molar-refractivity contribution in [1.82, 2.24) is 7.94 Å². The number of benzene rings is 2. The molecule has 18 nitrogen and oxygen atoms in total. The highest BCUT2D eigenvalue weighted by Crippen LogP contribution is 2.48. The van der Waals surface area contributed by atoms with Gasteiger partial charge in [-0.1, -0.05) is 0 Å². The van der Waals surface area contributed by atoms with Crippen molar-refractivity contribution in [3.05, 3.63) is 42.7 Å². The number of hydrogen-bond acceptors (Lipinski definition) is 12. The van der Waals surface area contributed by atoms with Crippen LogP contribution >= 0.6 is 0 Å². The summed E-state index contributed by atoms with van der Waals surface area (Å²) in [5.41, 5.74) is -0.955. The quantitative estimate of drug-likeness (QED) is 0.171. The van der Waals surface area contributed by atoms with Crippen LogP contribution < -0.4 is 13.1 Å². The van der Waals surface area contributed by atoms with Crippen molar-refractivity contribution in [1.29, 1.82) is 0 Å². The molecule has 4 rings (SSSR count). The number of phenolic OH excluding ortho intramolecular Hbond substituents is 1. The fraction of sp³-hybridized carbons (Fsp3) is 0. The molecule has 2 heterocycles. The van der Waals surface area contributed by atoms with E-state index in [9.17, 15) is 47.9 Å². The summed E-state index contributed by atoms with van der Waals surface area (Å²) in [4.78, 5) is 0. The van der Waals surface area contributed by atoms with E-state index in [-0.39, 0.29) is 20.3 Å². The van der Waals surface area contributed by atoms with Gasteiger partial charge < -0.3 is 18.2 Å². The van der Waals surface area contributed by atoms with Crippen LogP contribution in [0.2, 0.25) is 0 Å². The zero-order valence-electron chi connectivity index (χ0n) is 17.8. The molecule has 0 unspecified atom stereocenters. The molecular formula is C16H12N2O16S4. The molecule has 0 fully saturated rings.